The van der Waals surface area contributed by atoms with Crippen LogP contribution in [-0.4, -0.2) is 46.5 Å². The molecule has 0 bridgehead atoms. The van der Waals surface area contributed by atoms with Crippen LogP contribution in [-0.2, 0) is 12.5 Å². The molecule has 6 heteroatoms. The maximum Gasteiger partial charge on any atom is 0.195 e. The third-order valence-corrected chi connectivity index (χ3v) is 5.86. The number of ether oxygens (including phenoxy) is 2. The van der Waals surface area contributed by atoms with Crippen molar-refractivity contribution in [1.82, 2.24) is 4.57 Å². The monoisotopic (exact) mass is 409 g/mol. The fourth-order valence-electron chi connectivity index (χ4n) is 4.47. The van der Waals surface area contributed by atoms with Gasteiger partial charge in [0.1, 0.15) is 24.2 Å². The summed E-state index contributed by atoms with van der Waals surface area (Å²) in [5.74, 6) is 1.34. The number of nitrogens with zero attached hydrogens (tertiary/aromatic N) is 1. The second-order valence-electron chi connectivity index (χ2n) is 8.20. The second kappa shape index (κ2) is 7.45. The van der Waals surface area contributed by atoms with Crippen molar-refractivity contribution in [3.8, 4) is 11.5 Å². The standard InChI is InChI=1S/C24H27NO5/c1-5-29-16-7-9-18-20(11-16)25(4)23-21(18)22(28)17-8-6-15(30-13-14(27)12-26)10-19(17)24(23,2)3/h6-11,14,26-27H,5,12-13H2,1-4H3/t14-/m1/s1. The van der Waals surface area contributed by atoms with Crippen molar-refractivity contribution in [2.24, 2.45) is 7.05 Å². The average molecular weight is 409 g/mol. The van der Waals surface area contributed by atoms with Crippen LogP contribution in [0, 0.1) is 0 Å². The van der Waals surface area contributed by atoms with Gasteiger partial charge in [0, 0.05) is 35.2 Å². The predicted octanol–water partition coefficient (Wildman–Crippen LogP) is 3.18. The smallest absolute Gasteiger partial charge is 0.195 e. The van der Waals surface area contributed by atoms with Crippen LogP contribution in [0.5, 0.6) is 11.5 Å². The molecular formula is C24H27NO5. The second-order valence-corrected chi connectivity index (χ2v) is 8.20. The molecule has 0 aliphatic heterocycles. The van der Waals surface area contributed by atoms with Crippen molar-refractivity contribution >= 4 is 16.7 Å². The lowest BCUT2D eigenvalue weighted by Gasteiger charge is -2.34. The Hall–Kier alpha value is -2.83. The van der Waals surface area contributed by atoms with Gasteiger partial charge in [0.15, 0.2) is 5.78 Å². The van der Waals surface area contributed by atoms with Crippen molar-refractivity contribution < 1.29 is 24.5 Å². The third-order valence-electron chi connectivity index (χ3n) is 5.86. The van der Waals surface area contributed by atoms with Crippen LogP contribution in [0.25, 0.3) is 10.9 Å². The number of hydrogen-bond donors (Lipinski definition) is 2. The van der Waals surface area contributed by atoms with Gasteiger partial charge in [0.25, 0.3) is 0 Å². The van der Waals surface area contributed by atoms with Gasteiger partial charge in [-0.15, -0.1) is 0 Å². The molecule has 0 saturated carbocycles. The zero-order valence-corrected chi connectivity index (χ0v) is 17.7. The normalized spacial score (nSPS) is 15.6. The molecule has 0 radical (unpaired) electrons. The van der Waals surface area contributed by atoms with Gasteiger partial charge in [-0.25, -0.2) is 0 Å². The molecule has 30 heavy (non-hydrogen) atoms. The first-order chi connectivity index (χ1) is 14.3. The van der Waals surface area contributed by atoms with E-state index in [1.807, 2.05) is 38.2 Å². The highest BCUT2D eigenvalue weighted by molar-refractivity contribution is 6.20. The molecule has 0 amide bonds. The van der Waals surface area contributed by atoms with Crippen molar-refractivity contribution in [2.45, 2.75) is 32.3 Å². The Bertz CT molecular complexity index is 1130. The summed E-state index contributed by atoms with van der Waals surface area (Å²) in [7, 11) is 1.98. The Kier molecular flexibility index (Phi) is 5.08. The highest BCUT2D eigenvalue weighted by atomic mass is 16.5. The number of carbonyl (C=O) groups excluding carboxylic acids is 1. The number of carbonyl (C=O) groups is 1. The lowest BCUT2D eigenvalue weighted by atomic mass is 9.71. The highest BCUT2D eigenvalue weighted by Gasteiger charge is 2.41. The van der Waals surface area contributed by atoms with E-state index < -0.39 is 11.5 Å². The average Bonchev–Trinajstić information content (AvgIpc) is 3.04. The molecular weight excluding hydrogens is 382 g/mol. The number of ketones is 1. The Balaban J connectivity index is 1.85. The van der Waals surface area contributed by atoms with E-state index in [0.717, 1.165) is 33.5 Å². The van der Waals surface area contributed by atoms with E-state index in [0.29, 0.717) is 17.9 Å². The highest BCUT2D eigenvalue weighted by Crippen LogP contribution is 2.46. The van der Waals surface area contributed by atoms with Crippen LogP contribution < -0.4 is 9.47 Å². The quantitative estimate of drug-likeness (QED) is 0.654. The van der Waals surface area contributed by atoms with E-state index in [4.69, 9.17) is 14.6 Å². The molecule has 4 rings (SSSR count). The van der Waals surface area contributed by atoms with Crippen molar-refractivity contribution in [2.75, 3.05) is 19.8 Å². The van der Waals surface area contributed by atoms with Crippen LogP contribution in [0.3, 0.4) is 0 Å². The molecule has 0 saturated heterocycles. The van der Waals surface area contributed by atoms with E-state index in [2.05, 4.69) is 18.4 Å². The van der Waals surface area contributed by atoms with Crippen molar-refractivity contribution in [1.29, 1.82) is 0 Å². The molecule has 2 aromatic carbocycles. The molecule has 0 spiro atoms. The number of aliphatic hydroxyl groups excluding tert-OH is 2. The molecule has 3 aromatic rings. The lowest BCUT2D eigenvalue weighted by Crippen LogP contribution is -2.32. The van der Waals surface area contributed by atoms with Crippen molar-refractivity contribution in [3.05, 3.63) is 58.8 Å². The summed E-state index contributed by atoms with van der Waals surface area (Å²) in [5, 5.41) is 19.5. The topological polar surface area (TPSA) is 80.9 Å². The molecule has 1 aromatic heterocycles. The first-order valence-corrected chi connectivity index (χ1v) is 10.2. The molecule has 1 heterocycles. The minimum absolute atomic E-state index is 0.00368. The maximum absolute atomic E-state index is 13.5. The first-order valence-electron chi connectivity index (χ1n) is 10.2. The molecule has 2 N–H and O–H groups in total. The minimum atomic E-state index is -0.944. The zero-order chi connectivity index (χ0) is 21.6. The van der Waals surface area contributed by atoms with E-state index in [1.54, 1.807) is 12.1 Å². The number of aryl methyl sites for hydroxylation is 1. The predicted molar refractivity (Wildman–Crippen MR) is 115 cm³/mol. The largest absolute Gasteiger partial charge is 0.494 e. The zero-order valence-electron chi connectivity index (χ0n) is 17.7. The van der Waals surface area contributed by atoms with Crippen LogP contribution in [0.15, 0.2) is 36.4 Å². The molecule has 0 fully saturated rings. The summed E-state index contributed by atoms with van der Waals surface area (Å²) in [4.78, 5) is 13.5. The first kappa shape index (κ1) is 20.4. The number of aromatic nitrogens is 1. The summed E-state index contributed by atoms with van der Waals surface area (Å²) in [5.41, 5.74) is 3.75. The van der Waals surface area contributed by atoms with Crippen LogP contribution in [0.4, 0.5) is 0 Å². The van der Waals surface area contributed by atoms with Crippen LogP contribution in [0.2, 0.25) is 0 Å². The Morgan fingerprint density at radius 3 is 2.50 bits per heavy atom. The number of aliphatic hydroxyl groups is 2. The summed E-state index contributed by atoms with van der Waals surface area (Å²) in [6.07, 6.45) is -0.944. The van der Waals surface area contributed by atoms with Crippen molar-refractivity contribution in [3.63, 3.8) is 0 Å². The molecule has 6 nitrogen and oxygen atoms in total. The van der Waals surface area contributed by atoms with Gasteiger partial charge >= 0.3 is 0 Å². The van der Waals surface area contributed by atoms with E-state index in [1.165, 1.54) is 0 Å². The summed E-state index contributed by atoms with van der Waals surface area (Å²) in [6.45, 7) is 6.36. The Labute approximate surface area is 175 Å². The molecule has 1 aliphatic rings. The number of hydrogen-bond acceptors (Lipinski definition) is 5. The van der Waals surface area contributed by atoms with E-state index in [9.17, 15) is 9.90 Å². The molecule has 1 atom stereocenters. The van der Waals surface area contributed by atoms with Gasteiger partial charge in [-0.2, -0.15) is 0 Å². The van der Waals surface area contributed by atoms with Crippen LogP contribution >= 0.6 is 0 Å². The van der Waals surface area contributed by atoms with Gasteiger partial charge < -0.3 is 24.3 Å². The fourth-order valence-corrected chi connectivity index (χ4v) is 4.47. The number of benzene rings is 2. The molecule has 0 unspecified atom stereocenters. The summed E-state index contributed by atoms with van der Waals surface area (Å²) < 4.78 is 13.4. The van der Waals surface area contributed by atoms with Gasteiger partial charge in [-0.1, -0.05) is 13.8 Å². The molecule has 158 valence electrons. The lowest BCUT2D eigenvalue weighted by molar-refractivity contribution is 0.0535. The summed E-state index contributed by atoms with van der Waals surface area (Å²) in [6, 6.07) is 11.2. The summed E-state index contributed by atoms with van der Waals surface area (Å²) >= 11 is 0. The SMILES string of the molecule is CCOc1ccc2c3c(n(C)c2c1)C(C)(C)c1cc(OC[C@H](O)CO)ccc1C3=O. The number of fused-ring (bicyclic) bond motifs is 4. The molecule has 1 aliphatic carbocycles. The number of rotatable bonds is 6. The van der Waals surface area contributed by atoms with Gasteiger partial charge in [0.2, 0.25) is 0 Å². The Morgan fingerprint density at radius 2 is 1.80 bits per heavy atom. The van der Waals surface area contributed by atoms with Gasteiger partial charge in [0.05, 0.1) is 24.3 Å². The fraction of sp³-hybridized carbons (Fsp3) is 0.375. The van der Waals surface area contributed by atoms with E-state index >= 15 is 0 Å². The third kappa shape index (κ3) is 3.07. The minimum Gasteiger partial charge on any atom is -0.494 e. The maximum atomic E-state index is 13.5. The van der Waals surface area contributed by atoms with E-state index in [-0.39, 0.29) is 19.0 Å². The van der Waals surface area contributed by atoms with Gasteiger partial charge in [-0.05, 0) is 42.8 Å². The van der Waals surface area contributed by atoms with Gasteiger partial charge in [-0.3, -0.25) is 4.79 Å². The Morgan fingerprint density at radius 1 is 1.10 bits per heavy atom. The van der Waals surface area contributed by atoms with Crippen LogP contribution in [0.1, 0.15) is 48.0 Å².